The first-order chi connectivity index (χ1) is 15.2. The van der Waals surface area contributed by atoms with Crippen LogP contribution in [0, 0.1) is 0 Å². The van der Waals surface area contributed by atoms with E-state index in [2.05, 4.69) is 31.8 Å². The molecule has 5 heteroatoms. The van der Waals surface area contributed by atoms with Gasteiger partial charge >= 0.3 is 5.97 Å². The third-order valence-corrected chi connectivity index (χ3v) is 6.53. The van der Waals surface area contributed by atoms with E-state index in [0.29, 0.717) is 17.0 Å². The van der Waals surface area contributed by atoms with Gasteiger partial charge in [-0.3, -0.25) is 0 Å². The Morgan fingerprint density at radius 1 is 1.09 bits per heavy atom. The molecule has 32 heavy (non-hydrogen) atoms. The molecular formula is C27H26N2O3. The van der Waals surface area contributed by atoms with Gasteiger partial charge in [0.1, 0.15) is 23.3 Å². The van der Waals surface area contributed by atoms with Crippen LogP contribution >= 0.6 is 0 Å². The van der Waals surface area contributed by atoms with Crippen molar-refractivity contribution in [3.63, 3.8) is 0 Å². The number of hydrogen-bond donors (Lipinski definition) is 1. The van der Waals surface area contributed by atoms with Crippen LogP contribution in [0.5, 0.6) is 5.75 Å². The average molecular weight is 427 g/mol. The second-order valence-corrected chi connectivity index (χ2v) is 9.04. The number of hydrogen-bond acceptors (Lipinski definition) is 5. The Bertz CT molecular complexity index is 1310. The van der Waals surface area contributed by atoms with Crippen LogP contribution in [0.4, 0.5) is 11.4 Å². The minimum absolute atomic E-state index is 0.344. The van der Waals surface area contributed by atoms with E-state index in [1.807, 2.05) is 61.5 Å². The number of nitrogens with one attached hydrogen (secondary N) is 1. The van der Waals surface area contributed by atoms with E-state index >= 15 is 0 Å². The van der Waals surface area contributed by atoms with E-state index in [0.717, 1.165) is 27.7 Å². The summed E-state index contributed by atoms with van der Waals surface area (Å²) in [6.45, 7) is 11.4. The summed E-state index contributed by atoms with van der Waals surface area (Å²) >= 11 is 0. The van der Waals surface area contributed by atoms with Crippen LogP contribution in [0.3, 0.4) is 0 Å². The summed E-state index contributed by atoms with van der Waals surface area (Å²) in [4.78, 5) is 17.5. The lowest BCUT2D eigenvalue weighted by Gasteiger charge is -2.45. The maximum atomic E-state index is 12.4. The van der Waals surface area contributed by atoms with Crippen molar-refractivity contribution in [3.8, 4) is 5.75 Å². The highest BCUT2D eigenvalue weighted by atomic mass is 16.6. The first-order valence-electron chi connectivity index (χ1n) is 10.8. The summed E-state index contributed by atoms with van der Waals surface area (Å²) in [6, 6.07) is 20.2. The summed E-state index contributed by atoms with van der Waals surface area (Å²) in [5, 5.41) is 5.66. The number of carbonyl (C=O) groups excluding carboxylic acids is 1. The molecule has 5 nitrogen and oxygen atoms in total. The van der Waals surface area contributed by atoms with Gasteiger partial charge in [-0.25, -0.2) is 9.79 Å². The molecule has 3 aromatic rings. The second-order valence-electron chi connectivity index (χ2n) is 9.04. The Labute approximate surface area is 187 Å². The highest BCUT2D eigenvalue weighted by Gasteiger charge is 2.61. The summed E-state index contributed by atoms with van der Waals surface area (Å²) in [5.74, 6) is 0.242. The third-order valence-electron chi connectivity index (χ3n) is 6.53. The molecule has 0 amide bonds. The monoisotopic (exact) mass is 426 g/mol. The van der Waals surface area contributed by atoms with Crippen LogP contribution in [-0.2, 0) is 14.9 Å². The van der Waals surface area contributed by atoms with Gasteiger partial charge in [-0.2, -0.15) is 0 Å². The van der Waals surface area contributed by atoms with Gasteiger partial charge in [0, 0.05) is 16.6 Å². The Kier molecular flexibility index (Phi) is 4.41. The van der Waals surface area contributed by atoms with Crippen LogP contribution in [0.2, 0.25) is 0 Å². The largest absolute Gasteiger partial charge is 0.459 e. The van der Waals surface area contributed by atoms with Crippen molar-refractivity contribution in [2.24, 2.45) is 4.99 Å². The van der Waals surface area contributed by atoms with Crippen molar-refractivity contribution in [2.45, 2.75) is 44.9 Å². The van der Waals surface area contributed by atoms with E-state index in [4.69, 9.17) is 14.5 Å². The Morgan fingerprint density at radius 3 is 2.56 bits per heavy atom. The predicted molar refractivity (Wildman–Crippen MR) is 128 cm³/mol. The van der Waals surface area contributed by atoms with Crippen molar-refractivity contribution in [1.82, 2.24) is 0 Å². The van der Waals surface area contributed by atoms with Gasteiger partial charge in [0.05, 0.1) is 5.41 Å². The molecule has 0 saturated carbocycles. The molecule has 0 aromatic heterocycles. The molecule has 5 rings (SSSR count). The first-order valence-corrected chi connectivity index (χ1v) is 10.8. The van der Waals surface area contributed by atoms with Gasteiger partial charge in [0.15, 0.2) is 0 Å². The van der Waals surface area contributed by atoms with Gasteiger partial charge in [-0.15, -0.1) is 0 Å². The lowest BCUT2D eigenvalue weighted by Crippen LogP contribution is -2.64. The average Bonchev–Trinajstić information content (AvgIpc) is 2.99. The molecule has 2 atom stereocenters. The number of para-hydroxylation sites is 1. The Balaban J connectivity index is 1.73. The van der Waals surface area contributed by atoms with Gasteiger partial charge in [0.25, 0.3) is 0 Å². The molecule has 1 spiro atoms. The van der Waals surface area contributed by atoms with Gasteiger partial charge in [-0.05, 0) is 50.8 Å². The number of esters is 1. The SMILES string of the molecule is C=C(C)C(=O)OC(C)C1=Nc2c(ccc3ccccc23)OC12Nc1ccccc1C2(C)C. The fourth-order valence-corrected chi connectivity index (χ4v) is 4.75. The number of aliphatic imine (C=N–C) groups is 1. The van der Waals surface area contributed by atoms with Gasteiger partial charge in [0.2, 0.25) is 5.72 Å². The highest BCUT2D eigenvalue weighted by molar-refractivity contribution is 6.09. The maximum absolute atomic E-state index is 12.4. The van der Waals surface area contributed by atoms with E-state index in [-0.39, 0.29) is 0 Å². The zero-order valence-corrected chi connectivity index (χ0v) is 18.7. The molecule has 0 fully saturated rings. The van der Waals surface area contributed by atoms with Crippen LogP contribution in [0.25, 0.3) is 10.8 Å². The molecule has 2 aliphatic rings. The van der Waals surface area contributed by atoms with E-state index in [9.17, 15) is 4.79 Å². The zero-order chi connectivity index (χ0) is 22.7. The molecule has 1 N–H and O–H groups in total. The van der Waals surface area contributed by atoms with Crippen molar-refractivity contribution < 1.29 is 14.3 Å². The summed E-state index contributed by atoms with van der Waals surface area (Å²) < 4.78 is 12.6. The van der Waals surface area contributed by atoms with Crippen molar-refractivity contribution in [2.75, 3.05) is 5.32 Å². The van der Waals surface area contributed by atoms with Crippen molar-refractivity contribution >= 4 is 33.8 Å². The number of nitrogens with zero attached hydrogens (tertiary/aromatic N) is 1. The predicted octanol–water partition coefficient (Wildman–Crippen LogP) is 5.91. The Morgan fingerprint density at radius 2 is 1.81 bits per heavy atom. The molecule has 2 aliphatic heterocycles. The van der Waals surface area contributed by atoms with E-state index in [1.165, 1.54) is 0 Å². The molecule has 162 valence electrons. The molecule has 0 radical (unpaired) electrons. The minimum atomic E-state index is -1.01. The summed E-state index contributed by atoms with van der Waals surface area (Å²) in [6.07, 6.45) is -0.632. The van der Waals surface area contributed by atoms with Crippen LogP contribution in [-0.4, -0.2) is 23.5 Å². The molecular weight excluding hydrogens is 400 g/mol. The van der Waals surface area contributed by atoms with E-state index in [1.54, 1.807) is 6.92 Å². The number of fused-ring (bicyclic) bond motifs is 4. The molecule has 0 saturated heterocycles. The van der Waals surface area contributed by atoms with Gasteiger partial charge in [-0.1, -0.05) is 55.1 Å². The highest BCUT2D eigenvalue weighted by Crippen LogP contribution is 2.53. The van der Waals surface area contributed by atoms with E-state index < -0.39 is 23.2 Å². The number of benzene rings is 3. The molecule has 2 heterocycles. The zero-order valence-electron chi connectivity index (χ0n) is 18.7. The fraction of sp³-hybridized carbons (Fsp3) is 0.259. The fourth-order valence-electron chi connectivity index (χ4n) is 4.75. The summed E-state index contributed by atoms with van der Waals surface area (Å²) in [7, 11) is 0. The lowest BCUT2D eigenvalue weighted by atomic mass is 9.74. The lowest BCUT2D eigenvalue weighted by molar-refractivity contribution is -0.141. The molecule has 3 aromatic carbocycles. The normalized spacial score (nSPS) is 21.1. The van der Waals surface area contributed by atoms with Gasteiger partial charge < -0.3 is 14.8 Å². The number of rotatable bonds is 3. The summed E-state index contributed by atoms with van der Waals surface area (Å²) in [5.41, 5.74) is 2.31. The number of anilines is 1. The maximum Gasteiger partial charge on any atom is 0.333 e. The second kappa shape index (κ2) is 6.95. The number of ether oxygens (including phenoxy) is 2. The Hall–Kier alpha value is -3.60. The molecule has 0 bridgehead atoms. The van der Waals surface area contributed by atoms with Crippen molar-refractivity contribution in [3.05, 3.63) is 78.4 Å². The minimum Gasteiger partial charge on any atom is -0.459 e. The smallest absolute Gasteiger partial charge is 0.333 e. The first kappa shape index (κ1) is 20.3. The molecule has 0 aliphatic carbocycles. The standard InChI is InChI=1S/C27H26N2O3/c1-16(2)25(30)31-17(3)24-27(26(4,5)20-12-8-9-13-21(20)29-27)32-22-15-14-18-10-6-7-11-19(18)23(22)28-24/h6-15,17,29H,1H2,2-5H3. The quantitative estimate of drug-likeness (QED) is 0.418. The van der Waals surface area contributed by atoms with Crippen LogP contribution in [0.15, 0.2) is 77.8 Å². The van der Waals surface area contributed by atoms with Crippen molar-refractivity contribution in [1.29, 1.82) is 0 Å². The van der Waals surface area contributed by atoms with Crippen LogP contribution < -0.4 is 10.1 Å². The number of carbonyl (C=O) groups is 1. The third kappa shape index (κ3) is 2.77. The van der Waals surface area contributed by atoms with Crippen LogP contribution in [0.1, 0.15) is 33.3 Å². The molecule has 2 unspecified atom stereocenters. The topological polar surface area (TPSA) is 59.9 Å².